The Kier molecular flexibility index (Phi) is 42.2. The number of nitrogens with zero attached hydrogens (tertiary/aromatic N) is 8. The van der Waals surface area contributed by atoms with E-state index in [1.807, 2.05) is 79.2 Å². The number of unbranched alkanes of at least 4 members (excludes halogenated alkanes) is 1. The minimum Gasteiger partial charge on any atom is -0.495 e. The van der Waals surface area contributed by atoms with E-state index in [-0.39, 0.29) is 92.2 Å². The number of cyclic esters (lactones) is 1. The molecule has 35 nitrogen and oxygen atoms in total. The Labute approximate surface area is 757 Å². The van der Waals surface area contributed by atoms with Gasteiger partial charge in [-0.05, 0) is 164 Å². The first-order valence-corrected chi connectivity index (χ1v) is 46.4. The van der Waals surface area contributed by atoms with Gasteiger partial charge in [-0.3, -0.25) is 29.3 Å². The van der Waals surface area contributed by atoms with Crippen LogP contribution in [0, 0.1) is 35.5 Å². The number of piperidine rings is 1. The number of para-hydroxylation sites is 1. The van der Waals surface area contributed by atoms with Gasteiger partial charge in [-0.25, -0.2) is 24.0 Å². The zero-order valence-corrected chi connectivity index (χ0v) is 77.2. The standard InChI is InChI=1S/C94H143N13O22/c1-60-19-12-11-13-20-61(2)78(118-8)56-71-31-25-65(6)94(116,129-71)88(112)92(114)106-36-16-14-23-74(106)93(115)128-79(57-75(108)62(3)52-64(5)86(111)87(120-10)85(110)63(4)51-60)72(95)53-66-26-32-76(80(54-66)119-9)127-38-17-15-22-70-58-105(104-103-70)37-42-124-46-48-126-50-49-125-47-43-121-39-33-81(109)97-34-40-122-44-45-123-41-35-98-91(113)68-29-27-67(28-30-68)90-102-83(84-89(96)99-59-100-107(84)90)73-55-69-21-18-24-77(117-7)82(69)101-73/h11-13,18-21,24,52,55,58-60,62-63,65-68,71-72,74,76,78-80,86-87,91,98,101,111,113,116H,14-17,22-23,25-51,53-54,56-57,95H2,1-10H3,(H,97,109)(H2,96,99,100)/b13-11+,19-12+,61-20+,64-52+/t60-,62-,63-,65-,66+,67?,68?,71+,72-,74+,76-,78+,79+,80-,86-,87+,91?,94-/m1/s1. The Balaban J connectivity index is 0.554. The smallest absolute Gasteiger partial charge is 0.329 e. The number of methoxy groups -OCH3 is 4. The van der Waals surface area contributed by atoms with Gasteiger partial charge in [0.25, 0.3) is 11.7 Å². The number of anilines is 1. The number of hydrogen-bond donors (Lipinski definition) is 8. The molecule has 2 saturated heterocycles. The predicted octanol–water partition coefficient (Wildman–Crippen LogP) is 8.18. The number of benzene rings is 1. The number of aliphatic hydroxyl groups excluding tert-OH is 2. The van der Waals surface area contributed by atoms with E-state index in [1.54, 1.807) is 59.8 Å². The zero-order valence-electron chi connectivity index (χ0n) is 77.2. The van der Waals surface area contributed by atoms with Gasteiger partial charge in [0.1, 0.15) is 65.5 Å². The second kappa shape index (κ2) is 52.9. The summed E-state index contributed by atoms with van der Waals surface area (Å²) in [5.41, 5.74) is 18.6. The van der Waals surface area contributed by atoms with Gasteiger partial charge in [0.05, 0.1) is 134 Å². The van der Waals surface area contributed by atoms with Crippen LogP contribution in [0.3, 0.4) is 0 Å². The van der Waals surface area contributed by atoms with Gasteiger partial charge in [0, 0.05) is 108 Å². The van der Waals surface area contributed by atoms with Crippen molar-refractivity contribution < 1.29 is 106 Å². The van der Waals surface area contributed by atoms with E-state index in [2.05, 4.69) is 36.0 Å². The van der Waals surface area contributed by atoms with Crippen LogP contribution in [-0.2, 0) is 98.6 Å². The lowest BCUT2D eigenvalue weighted by Gasteiger charge is -2.42. The topological polar surface area (TPSA) is 452 Å². The molecule has 16 atom stereocenters. The summed E-state index contributed by atoms with van der Waals surface area (Å²) in [7, 11) is 6.23. The van der Waals surface area contributed by atoms with Crippen LogP contribution in [0.5, 0.6) is 5.75 Å². The number of nitrogens with one attached hydrogen (secondary N) is 3. The summed E-state index contributed by atoms with van der Waals surface area (Å²) in [6.07, 6.45) is 19.1. The van der Waals surface area contributed by atoms with Crippen LogP contribution in [-0.4, -0.2) is 296 Å². The van der Waals surface area contributed by atoms with Gasteiger partial charge in [-0.15, -0.1) is 5.10 Å². The number of fused-ring (bicyclic) bond motifs is 5. The third-order valence-electron chi connectivity index (χ3n) is 25.7. The number of carbonyl (C=O) groups is 6. The molecule has 2 amide bonds. The Morgan fingerprint density at radius 2 is 1.49 bits per heavy atom. The second-order valence-electron chi connectivity index (χ2n) is 35.2. The van der Waals surface area contributed by atoms with Crippen molar-refractivity contribution in [2.45, 2.75) is 249 Å². The highest BCUT2D eigenvalue weighted by molar-refractivity contribution is 6.39. The Morgan fingerprint density at radius 3 is 2.21 bits per heavy atom. The van der Waals surface area contributed by atoms with E-state index < -0.39 is 90.0 Å². The molecular formula is C94H143N13O22. The van der Waals surface area contributed by atoms with Crippen molar-refractivity contribution in [3.63, 3.8) is 0 Å². The monoisotopic (exact) mass is 1810 g/mol. The number of Topliss-reactive ketones (excluding diaryl/α,β-unsaturated/α-hetero) is 3. The number of imidazole rings is 1. The fourth-order valence-electron chi connectivity index (χ4n) is 18.0. The lowest BCUT2D eigenvalue weighted by molar-refractivity contribution is -0.265. The number of nitrogen functional groups attached to an aromatic ring is 1. The van der Waals surface area contributed by atoms with Crippen molar-refractivity contribution >= 4 is 57.4 Å². The van der Waals surface area contributed by atoms with Gasteiger partial charge in [0.2, 0.25) is 11.7 Å². The molecule has 0 spiro atoms. The summed E-state index contributed by atoms with van der Waals surface area (Å²) >= 11 is 0. The number of H-pyrrole nitrogens is 1. The first-order chi connectivity index (χ1) is 62.3. The first kappa shape index (κ1) is 103. The van der Waals surface area contributed by atoms with Crippen LogP contribution in [0.2, 0.25) is 0 Å². The maximum atomic E-state index is 14.7. The van der Waals surface area contributed by atoms with Gasteiger partial charge < -0.3 is 104 Å². The highest BCUT2D eigenvalue weighted by atomic mass is 16.6. The molecule has 5 aromatic rings. The molecule has 2 aliphatic carbocycles. The SMILES string of the molecule is COc1cccc2cc(-c3nc(C4CCC(C(O)NCCOCCOCCNC(=O)CCOCCOCCOCCOCCn5cc(CCCCO[C@@H]6CC[C@@H](C[C@@H](N)[C@@H]7CC(=O)[C@H](C)/C=C(\C)[C@@H](O)[C@@H](OC)C(=O)[C@H](C)C[C@H](C)/C=C/C=C/C=C(\C)[C@@H](OC)C[C@@H]8CC[C@@H](C)[C@@](O)(O8)C(=O)C(=O)N8CCCC[C@H]8C(=O)O7)C[C@H]6OC)nn5)CC4)n4ncnc(N)c34)[nH]c12. The van der Waals surface area contributed by atoms with Crippen LogP contribution < -0.4 is 26.8 Å². The molecule has 10 rings (SSSR count). The number of hydrogen-bond acceptors (Lipinski definition) is 30. The molecule has 10 N–H and O–H groups in total. The molecular weight excluding hydrogens is 1660 g/mol. The number of aryl methyl sites for hydroxylation is 1. The maximum Gasteiger partial charge on any atom is 0.329 e. The Morgan fingerprint density at radius 1 is 0.767 bits per heavy atom. The third-order valence-corrected chi connectivity index (χ3v) is 25.7. The quantitative estimate of drug-likeness (QED) is 0.00601. The summed E-state index contributed by atoms with van der Waals surface area (Å²) in [6.45, 7) is 17.1. The number of ketones is 3. The Bertz CT molecular complexity index is 4450. The molecule has 4 fully saturated rings. The summed E-state index contributed by atoms with van der Waals surface area (Å²) in [5, 5.41) is 55.1. The molecule has 1 unspecified atom stereocenters. The van der Waals surface area contributed by atoms with Crippen molar-refractivity contribution in [3.05, 3.63) is 95.9 Å². The first-order valence-electron chi connectivity index (χ1n) is 46.4. The molecule has 0 radical (unpaired) electrons. The average Bonchev–Trinajstić information content (AvgIpc) is 1.61. The second-order valence-corrected chi connectivity index (χ2v) is 35.2. The molecule has 7 heterocycles. The van der Waals surface area contributed by atoms with Gasteiger partial charge in [-0.1, -0.05) is 81.5 Å². The summed E-state index contributed by atoms with van der Waals surface area (Å²) in [6, 6.07) is 5.80. The maximum absolute atomic E-state index is 14.7. The van der Waals surface area contributed by atoms with E-state index in [1.165, 1.54) is 13.4 Å². The number of carbonyl (C=O) groups excluding carboxylic acids is 6. The summed E-state index contributed by atoms with van der Waals surface area (Å²) < 4.78 is 79.7. The molecule has 1 aromatic carbocycles. The van der Waals surface area contributed by atoms with Gasteiger partial charge >= 0.3 is 5.97 Å². The van der Waals surface area contributed by atoms with Crippen LogP contribution in [0.1, 0.15) is 181 Å². The van der Waals surface area contributed by atoms with E-state index in [0.717, 1.165) is 82.9 Å². The van der Waals surface area contributed by atoms with E-state index in [4.69, 9.17) is 78.0 Å². The molecule has 5 aliphatic rings. The molecule has 716 valence electrons. The van der Waals surface area contributed by atoms with E-state index >= 15 is 0 Å². The Hall–Kier alpha value is -8.21. The molecule has 2 saturated carbocycles. The molecule has 2 bridgehead atoms. The van der Waals surface area contributed by atoms with Gasteiger partial charge in [0.15, 0.2) is 11.6 Å². The minimum absolute atomic E-state index is 0.0165. The highest BCUT2D eigenvalue weighted by Gasteiger charge is 2.53. The lowest BCUT2D eigenvalue weighted by atomic mass is 9.80. The molecule has 4 aromatic heterocycles. The van der Waals surface area contributed by atoms with Crippen molar-refractivity contribution in [1.29, 1.82) is 0 Å². The third kappa shape index (κ3) is 30.1. The van der Waals surface area contributed by atoms with Gasteiger partial charge in [-0.2, -0.15) is 5.10 Å². The molecule has 129 heavy (non-hydrogen) atoms. The van der Waals surface area contributed by atoms with E-state index in [9.17, 15) is 44.1 Å². The normalized spacial score (nSPS) is 28.4. The summed E-state index contributed by atoms with van der Waals surface area (Å²) in [5.74, 6) is -6.32. The molecule has 35 heteroatoms. The van der Waals surface area contributed by atoms with Crippen LogP contribution in [0.15, 0.2) is 84.4 Å². The van der Waals surface area contributed by atoms with Crippen LogP contribution in [0.25, 0.3) is 27.8 Å². The summed E-state index contributed by atoms with van der Waals surface area (Å²) in [4.78, 5) is 98.5. The number of rotatable bonds is 41. The number of ether oxygens (including phenoxy) is 13. The van der Waals surface area contributed by atoms with Crippen molar-refractivity contribution in [2.24, 2.45) is 41.2 Å². The minimum atomic E-state index is -2.48. The van der Waals surface area contributed by atoms with Crippen molar-refractivity contribution in [3.8, 4) is 17.1 Å². The number of amides is 2. The van der Waals surface area contributed by atoms with Crippen molar-refractivity contribution in [1.82, 2.24) is 55.1 Å². The fraction of sp³-hybridized carbons (Fsp3) is 0.691. The number of aromatic amines is 1. The lowest BCUT2D eigenvalue weighted by Crippen LogP contribution is -2.61. The number of aliphatic hydroxyl groups is 3. The van der Waals surface area contributed by atoms with Crippen molar-refractivity contribution in [2.75, 3.05) is 140 Å². The number of aromatic nitrogens is 8. The number of esters is 1. The largest absolute Gasteiger partial charge is 0.495 e. The fourth-order valence-corrected chi connectivity index (χ4v) is 18.0. The predicted molar refractivity (Wildman–Crippen MR) is 481 cm³/mol. The van der Waals surface area contributed by atoms with E-state index in [0.29, 0.717) is 186 Å². The van der Waals surface area contributed by atoms with Crippen LogP contribution >= 0.6 is 0 Å². The highest BCUT2D eigenvalue weighted by Crippen LogP contribution is 2.42. The molecule has 3 aliphatic heterocycles. The zero-order chi connectivity index (χ0) is 92.4. The average molecular weight is 1810 g/mol. The number of nitrogens with two attached hydrogens (primary N) is 2. The number of allylic oxidation sites excluding steroid dienone is 6. The van der Waals surface area contributed by atoms with Crippen LogP contribution in [0.4, 0.5) is 5.82 Å².